The van der Waals surface area contributed by atoms with E-state index in [4.69, 9.17) is 9.15 Å². The highest BCUT2D eigenvalue weighted by Gasteiger charge is 2.27. The summed E-state index contributed by atoms with van der Waals surface area (Å²) in [5, 5.41) is 3.94. The fraction of sp³-hybridized carbons (Fsp3) is 0.167. The van der Waals surface area contributed by atoms with Crippen molar-refractivity contribution in [2.75, 3.05) is 17.5 Å². The van der Waals surface area contributed by atoms with Gasteiger partial charge >= 0.3 is 5.97 Å². The minimum absolute atomic E-state index is 0.0730. The van der Waals surface area contributed by atoms with Gasteiger partial charge in [-0.3, -0.25) is 9.10 Å². The standard InChI is InChI=1S/C30H29N3O6S/c1-4-38-30(35)24-12-10-23(11-13-24)28-15-14-26(39-28)19-31-32-29(34)20-33(25-17-21(2)16-22(3)18-25)40(36,37)27-8-6-5-7-9-27/h5-19H,4,20H2,1-3H3,(H,32,34)/b31-19-. The summed E-state index contributed by atoms with van der Waals surface area (Å²) in [5.41, 5.74) is 5.67. The first-order valence-corrected chi connectivity index (χ1v) is 14.0. The highest BCUT2D eigenvalue weighted by atomic mass is 32.2. The van der Waals surface area contributed by atoms with Gasteiger partial charge in [0.1, 0.15) is 18.1 Å². The van der Waals surface area contributed by atoms with E-state index in [2.05, 4.69) is 10.5 Å². The van der Waals surface area contributed by atoms with Gasteiger partial charge in [0.25, 0.3) is 15.9 Å². The SMILES string of the molecule is CCOC(=O)c1ccc(-c2ccc(/C=N\NC(=O)CN(c3cc(C)cc(C)c3)S(=O)(=O)c3ccccc3)o2)cc1. The van der Waals surface area contributed by atoms with E-state index in [0.29, 0.717) is 29.4 Å². The second kappa shape index (κ2) is 12.4. The summed E-state index contributed by atoms with van der Waals surface area (Å²) in [7, 11) is -4.03. The highest BCUT2D eigenvalue weighted by Crippen LogP contribution is 2.26. The molecule has 3 aromatic carbocycles. The number of benzene rings is 3. The number of aryl methyl sites for hydroxylation is 2. The largest absolute Gasteiger partial charge is 0.462 e. The predicted octanol–water partition coefficient (Wildman–Crippen LogP) is 5.09. The molecule has 1 amide bonds. The molecule has 206 valence electrons. The molecule has 0 fully saturated rings. The molecule has 0 saturated carbocycles. The van der Waals surface area contributed by atoms with E-state index in [1.807, 2.05) is 19.9 Å². The average Bonchev–Trinajstić information content (AvgIpc) is 3.41. The van der Waals surface area contributed by atoms with Crippen LogP contribution in [0.1, 0.15) is 34.2 Å². The summed E-state index contributed by atoms with van der Waals surface area (Å²) in [4.78, 5) is 24.7. The van der Waals surface area contributed by atoms with Crippen molar-refractivity contribution in [1.82, 2.24) is 5.43 Å². The fourth-order valence-corrected chi connectivity index (χ4v) is 5.45. The second-order valence-electron chi connectivity index (χ2n) is 8.96. The molecule has 1 heterocycles. The number of nitrogens with zero attached hydrogens (tertiary/aromatic N) is 2. The number of rotatable bonds is 10. The minimum Gasteiger partial charge on any atom is -0.462 e. The first-order chi connectivity index (χ1) is 19.2. The van der Waals surface area contributed by atoms with Crippen LogP contribution in [0.25, 0.3) is 11.3 Å². The number of carbonyl (C=O) groups excluding carboxylic acids is 2. The predicted molar refractivity (Wildman–Crippen MR) is 153 cm³/mol. The van der Waals surface area contributed by atoms with Crippen molar-refractivity contribution in [2.45, 2.75) is 25.7 Å². The molecule has 40 heavy (non-hydrogen) atoms. The van der Waals surface area contributed by atoms with E-state index in [1.165, 1.54) is 18.3 Å². The van der Waals surface area contributed by atoms with E-state index in [-0.39, 0.29) is 4.90 Å². The number of hydrogen-bond acceptors (Lipinski definition) is 7. The molecule has 0 aliphatic heterocycles. The number of furan rings is 1. The lowest BCUT2D eigenvalue weighted by Gasteiger charge is -2.24. The van der Waals surface area contributed by atoms with Crippen molar-refractivity contribution in [2.24, 2.45) is 5.10 Å². The number of ether oxygens (including phenoxy) is 1. The van der Waals surface area contributed by atoms with Crippen molar-refractivity contribution < 1.29 is 27.2 Å². The number of carbonyl (C=O) groups is 2. The molecule has 1 N–H and O–H groups in total. The summed E-state index contributed by atoms with van der Waals surface area (Å²) in [6.07, 6.45) is 1.32. The number of amides is 1. The smallest absolute Gasteiger partial charge is 0.338 e. The molecule has 9 nitrogen and oxygen atoms in total. The summed E-state index contributed by atoms with van der Waals surface area (Å²) >= 11 is 0. The second-order valence-corrected chi connectivity index (χ2v) is 10.8. The third-order valence-electron chi connectivity index (χ3n) is 5.80. The van der Waals surface area contributed by atoms with Gasteiger partial charge < -0.3 is 9.15 Å². The van der Waals surface area contributed by atoms with Crippen LogP contribution in [0.2, 0.25) is 0 Å². The lowest BCUT2D eigenvalue weighted by atomic mass is 10.1. The first kappa shape index (κ1) is 28.3. The number of nitrogens with one attached hydrogen (secondary N) is 1. The summed E-state index contributed by atoms with van der Waals surface area (Å²) in [6.45, 7) is 5.29. The van der Waals surface area contributed by atoms with Gasteiger partial charge in [-0.1, -0.05) is 36.4 Å². The Labute approximate surface area is 233 Å². The van der Waals surface area contributed by atoms with Crippen LogP contribution in [-0.4, -0.2) is 39.7 Å². The third-order valence-corrected chi connectivity index (χ3v) is 7.59. The van der Waals surface area contributed by atoms with E-state index in [1.54, 1.807) is 73.7 Å². The van der Waals surface area contributed by atoms with Gasteiger partial charge in [-0.05, 0) is 80.4 Å². The zero-order valence-corrected chi connectivity index (χ0v) is 23.1. The summed E-state index contributed by atoms with van der Waals surface area (Å²) in [6, 6.07) is 23.5. The van der Waals surface area contributed by atoms with E-state index in [9.17, 15) is 18.0 Å². The third kappa shape index (κ3) is 6.83. The lowest BCUT2D eigenvalue weighted by molar-refractivity contribution is -0.119. The molecule has 0 aliphatic carbocycles. The quantitative estimate of drug-likeness (QED) is 0.164. The van der Waals surface area contributed by atoms with Crippen molar-refractivity contribution in [3.05, 3.63) is 107 Å². The van der Waals surface area contributed by atoms with Gasteiger partial charge in [0.05, 0.1) is 29.0 Å². The highest BCUT2D eigenvalue weighted by molar-refractivity contribution is 7.92. The van der Waals surface area contributed by atoms with Crippen molar-refractivity contribution in [3.8, 4) is 11.3 Å². The Kier molecular flexibility index (Phi) is 8.80. The van der Waals surface area contributed by atoms with Crippen LogP contribution in [0, 0.1) is 13.8 Å². The summed E-state index contributed by atoms with van der Waals surface area (Å²) < 4.78 is 38.8. The molecule has 0 bridgehead atoms. The number of hydrogen-bond donors (Lipinski definition) is 1. The van der Waals surface area contributed by atoms with Crippen LogP contribution in [0.4, 0.5) is 5.69 Å². The zero-order chi connectivity index (χ0) is 28.7. The molecule has 0 unspecified atom stereocenters. The lowest BCUT2D eigenvalue weighted by Crippen LogP contribution is -2.39. The van der Waals surface area contributed by atoms with Gasteiger partial charge in [0.2, 0.25) is 0 Å². The maximum absolute atomic E-state index is 13.5. The van der Waals surface area contributed by atoms with Gasteiger partial charge in [-0.25, -0.2) is 18.6 Å². The first-order valence-electron chi connectivity index (χ1n) is 12.5. The van der Waals surface area contributed by atoms with E-state index in [0.717, 1.165) is 21.0 Å². The maximum atomic E-state index is 13.5. The Bertz CT molecular complexity index is 1610. The van der Waals surface area contributed by atoms with Gasteiger partial charge in [0, 0.05) is 5.56 Å². The van der Waals surface area contributed by atoms with Gasteiger partial charge in [-0.15, -0.1) is 0 Å². The Morgan fingerprint density at radius 2 is 1.62 bits per heavy atom. The van der Waals surface area contributed by atoms with E-state index < -0.39 is 28.4 Å². The number of sulfonamides is 1. The molecular formula is C30H29N3O6S. The topological polar surface area (TPSA) is 118 Å². The maximum Gasteiger partial charge on any atom is 0.338 e. The van der Waals surface area contributed by atoms with Crippen molar-refractivity contribution in [3.63, 3.8) is 0 Å². The molecule has 0 aliphatic rings. The van der Waals surface area contributed by atoms with Crippen LogP contribution < -0.4 is 9.73 Å². The average molecular weight is 560 g/mol. The molecule has 0 saturated heterocycles. The molecule has 4 aromatic rings. The Morgan fingerprint density at radius 3 is 2.27 bits per heavy atom. The molecule has 1 aromatic heterocycles. The zero-order valence-electron chi connectivity index (χ0n) is 22.3. The summed E-state index contributed by atoms with van der Waals surface area (Å²) in [5.74, 6) is -0.119. The Balaban J connectivity index is 1.47. The van der Waals surface area contributed by atoms with Gasteiger partial charge in [-0.2, -0.15) is 5.10 Å². The van der Waals surface area contributed by atoms with E-state index >= 15 is 0 Å². The minimum atomic E-state index is -4.03. The molecule has 0 atom stereocenters. The van der Waals surface area contributed by atoms with Gasteiger partial charge in [0.15, 0.2) is 0 Å². The monoisotopic (exact) mass is 559 g/mol. The number of anilines is 1. The van der Waals surface area contributed by atoms with Crippen molar-refractivity contribution in [1.29, 1.82) is 0 Å². The van der Waals surface area contributed by atoms with Crippen LogP contribution >= 0.6 is 0 Å². The molecule has 0 spiro atoms. The number of hydrazone groups is 1. The number of esters is 1. The normalized spacial score (nSPS) is 11.4. The van der Waals surface area contributed by atoms with Crippen LogP contribution in [0.15, 0.2) is 99.3 Å². The van der Waals surface area contributed by atoms with Crippen LogP contribution in [-0.2, 0) is 19.6 Å². The van der Waals surface area contributed by atoms with Crippen LogP contribution in [0.3, 0.4) is 0 Å². The molecule has 4 rings (SSSR count). The molecule has 0 radical (unpaired) electrons. The molecular weight excluding hydrogens is 530 g/mol. The Hall–Kier alpha value is -4.70. The van der Waals surface area contributed by atoms with Crippen molar-refractivity contribution >= 4 is 33.8 Å². The van der Waals surface area contributed by atoms with Crippen LogP contribution in [0.5, 0.6) is 0 Å². The fourth-order valence-electron chi connectivity index (χ4n) is 4.03. The Morgan fingerprint density at radius 1 is 0.950 bits per heavy atom. The molecule has 10 heteroatoms.